The number of carbonyl (C=O) groups excluding carboxylic acids is 1. The van der Waals surface area contributed by atoms with E-state index in [1.165, 1.54) is 27.8 Å². The first-order chi connectivity index (χ1) is 14.2. The summed E-state index contributed by atoms with van der Waals surface area (Å²) in [6.45, 7) is 6.63. The van der Waals surface area contributed by atoms with E-state index in [1.54, 1.807) is 11.3 Å². The van der Waals surface area contributed by atoms with Crippen molar-refractivity contribution in [1.82, 2.24) is 14.8 Å². The first kappa shape index (κ1) is 18.8. The van der Waals surface area contributed by atoms with E-state index in [1.807, 2.05) is 17.2 Å². The number of carbonyl (C=O) groups is 1. The Hall–Kier alpha value is -2.24. The maximum absolute atomic E-state index is 13.0. The van der Waals surface area contributed by atoms with Gasteiger partial charge in [0.15, 0.2) is 0 Å². The first-order valence-electron chi connectivity index (χ1n) is 10.6. The average molecular weight is 406 g/mol. The maximum Gasteiger partial charge on any atom is 0.264 e. The quantitative estimate of drug-likeness (QED) is 0.649. The lowest BCUT2D eigenvalue weighted by molar-refractivity contribution is 0.0633. The normalized spacial score (nSPS) is 20.0. The summed E-state index contributed by atoms with van der Waals surface area (Å²) in [5.74, 6) is 0.968. The zero-order valence-electron chi connectivity index (χ0n) is 16.9. The number of nitrogens with zero attached hydrogens (tertiary/aromatic N) is 3. The molecule has 1 aromatic carbocycles. The summed E-state index contributed by atoms with van der Waals surface area (Å²) in [4.78, 5) is 24.5. The monoisotopic (exact) mass is 405 g/mol. The van der Waals surface area contributed by atoms with E-state index in [4.69, 9.17) is 0 Å². The highest BCUT2D eigenvalue weighted by Gasteiger charge is 2.26. The van der Waals surface area contributed by atoms with Crippen LogP contribution in [0.5, 0.6) is 0 Å². The molecular weight excluding hydrogens is 378 g/mol. The molecule has 150 valence electrons. The molecule has 2 aromatic heterocycles. The fraction of sp³-hybridized carbons (Fsp3) is 0.417. The first-order valence-corrected chi connectivity index (χ1v) is 11.4. The number of rotatable bonds is 3. The van der Waals surface area contributed by atoms with Crippen molar-refractivity contribution in [2.45, 2.75) is 32.7 Å². The van der Waals surface area contributed by atoms with Crippen LogP contribution in [0.2, 0.25) is 0 Å². The Morgan fingerprint density at radius 2 is 2.00 bits per heavy atom. The molecule has 0 bridgehead atoms. The van der Waals surface area contributed by atoms with Crippen molar-refractivity contribution in [3.8, 4) is 0 Å². The van der Waals surface area contributed by atoms with Gasteiger partial charge in [-0.2, -0.15) is 0 Å². The highest BCUT2D eigenvalue weighted by Crippen LogP contribution is 2.33. The highest BCUT2D eigenvalue weighted by atomic mass is 32.1. The van der Waals surface area contributed by atoms with E-state index in [9.17, 15) is 4.79 Å². The molecule has 1 amide bonds. The Kier molecular flexibility index (Phi) is 5.10. The Morgan fingerprint density at radius 1 is 1.17 bits per heavy atom. The Balaban J connectivity index is 1.23. The molecule has 1 unspecified atom stereocenters. The topological polar surface area (TPSA) is 36.4 Å². The largest absolute Gasteiger partial charge is 0.335 e. The number of amides is 1. The summed E-state index contributed by atoms with van der Waals surface area (Å²) in [5.41, 5.74) is 3.77. The minimum Gasteiger partial charge on any atom is -0.335 e. The van der Waals surface area contributed by atoms with E-state index >= 15 is 0 Å². The number of fused-ring (bicyclic) bond motifs is 2. The smallest absolute Gasteiger partial charge is 0.264 e. The molecule has 29 heavy (non-hydrogen) atoms. The van der Waals surface area contributed by atoms with Crippen molar-refractivity contribution in [2.75, 3.05) is 26.2 Å². The molecule has 1 fully saturated rings. The van der Waals surface area contributed by atoms with Crippen LogP contribution in [0.15, 0.2) is 42.6 Å². The third-order valence-corrected chi connectivity index (χ3v) is 7.53. The van der Waals surface area contributed by atoms with Gasteiger partial charge in [-0.05, 0) is 48.4 Å². The Morgan fingerprint density at radius 3 is 2.86 bits per heavy atom. The predicted octanol–water partition coefficient (Wildman–Crippen LogP) is 4.38. The second-order valence-electron chi connectivity index (χ2n) is 8.47. The summed E-state index contributed by atoms with van der Waals surface area (Å²) in [5, 5.41) is 1.19. The van der Waals surface area contributed by atoms with Crippen LogP contribution in [0.3, 0.4) is 0 Å². The third kappa shape index (κ3) is 3.81. The van der Waals surface area contributed by atoms with E-state index in [0.29, 0.717) is 0 Å². The van der Waals surface area contributed by atoms with Gasteiger partial charge in [-0.1, -0.05) is 31.2 Å². The second-order valence-corrected chi connectivity index (χ2v) is 9.60. The van der Waals surface area contributed by atoms with Gasteiger partial charge >= 0.3 is 0 Å². The number of aryl methyl sites for hydroxylation is 1. The molecule has 5 heteroatoms. The van der Waals surface area contributed by atoms with Crippen LogP contribution in [0.25, 0.3) is 10.9 Å². The van der Waals surface area contributed by atoms with Crippen LogP contribution in [0.4, 0.5) is 0 Å². The SMILES string of the molecule is CC1CCc2sc(C(=O)N3CCN(Cc4cccc5cccnc45)CC3)cc2C1. The summed E-state index contributed by atoms with van der Waals surface area (Å²) in [6, 6.07) is 12.7. The van der Waals surface area contributed by atoms with Gasteiger partial charge in [0.1, 0.15) is 0 Å². The predicted molar refractivity (Wildman–Crippen MR) is 118 cm³/mol. The van der Waals surface area contributed by atoms with Gasteiger partial charge in [0, 0.05) is 49.2 Å². The standard InChI is InChI=1S/C24H27N3OS/c1-17-7-8-21-20(14-17)15-22(29-21)24(28)27-12-10-26(11-13-27)16-19-5-2-4-18-6-3-9-25-23(18)19/h2-6,9,15,17H,7-8,10-14,16H2,1H3. The van der Waals surface area contributed by atoms with Crippen molar-refractivity contribution >= 4 is 28.1 Å². The number of hydrogen-bond donors (Lipinski definition) is 0. The van der Waals surface area contributed by atoms with Crippen molar-refractivity contribution < 1.29 is 4.79 Å². The van der Waals surface area contributed by atoms with Gasteiger partial charge in [-0.25, -0.2) is 0 Å². The zero-order valence-corrected chi connectivity index (χ0v) is 17.8. The minimum atomic E-state index is 0.225. The molecule has 4 nitrogen and oxygen atoms in total. The van der Waals surface area contributed by atoms with Crippen LogP contribution < -0.4 is 0 Å². The number of piperazine rings is 1. The van der Waals surface area contributed by atoms with Gasteiger partial charge in [-0.15, -0.1) is 11.3 Å². The number of pyridine rings is 1. The van der Waals surface area contributed by atoms with Crippen LogP contribution in [0, 0.1) is 5.92 Å². The van der Waals surface area contributed by atoms with Gasteiger partial charge in [-0.3, -0.25) is 14.7 Å². The molecule has 1 aliphatic heterocycles. The highest BCUT2D eigenvalue weighted by molar-refractivity contribution is 7.14. The average Bonchev–Trinajstić information content (AvgIpc) is 3.17. The molecule has 1 saturated heterocycles. The lowest BCUT2D eigenvalue weighted by Gasteiger charge is -2.34. The van der Waals surface area contributed by atoms with E-state index in [0.717, 1.165) is 61.9 Å². The van der Waals surface area contributed by atoms with Gasteiger partial charge in [0.05, 0.1) is 10.4 Å². The number of hydrogen-bond acceptors (Lipinski definition) is 4. The second kappa shape index (κ2) is 7.88. The van der Waals surface area contributed by atoms with E-state index in [2.05, 4.69) is 47.1 Å². The molecule has 3 aromatic rings. The van der Waals surface area contributed by atoms with Crippen LogP contribution in [0.1, 0.15) is 39.0 Å². The van der Waals surface area contributed by atoms with Crippen molar-refractivity contribution in [3.63, 3.8) is 0 Å². The molecule has 1 atom stereocenters. The summed E-state index contributed by atoms with van der Waals surface area (Å²) < 4.78 is 0. The lowest BCUT2D eigenvalue weighted by Crippen LogP contribution is -2.48. The van der Waals surface area contributed by atoms with Crippen molar-refractivity contribution in [3.05, 3.63) is 63.5 Å². The van der Waals surface area contributed by atoms with Crippen LogP contribution in [-0.4, -0.2) is 46.9 Å². The number of thiophene rings is 1. The number of benzene rings is 1. The molecule has 1 aliphatic carbocycles. The summed E-state index contributed by atoms with van der Waals surface area (Å²) in [6.07, 6.45) is 5.39. The van der Waals surface area contributed by atoms with Gasteiger partial charge < -0.3 is 4.90 Å². The zero-order chi connectivity index (χ0) is 19.8. The molecule has 0 N–H and O–H groups in total. The Labute approximate surface area is 176 Å². The maximum atomic E-state index is 13.0. The summed E-state index contributed by atoms with van der Waals surface area (Å²) in [7, 11) is 0. The van der Waals surface area contributed by atoms with E-state index in [-0.39, 0.29) is 5.91 Å². The van der Waals surface area contributed by atoms with Crippen LogP contribution in [-0.2, 0) is 19.4 Å². The number of para-hydroxylation sites is 1. The third-order valence-electron chi connectivity index (χ3n) is 6.31. The number of aromatic nitrogens is 1. The summed E-state index contributed by atoms with van der Waals surface area (Å²) >= 11 is 1.73. The Bertz CT molecular complexity index is 1030. The lowest BCUT2D eigenvalue weighted by atomic mass is 9.90. The molecule has 0 radical (unpaired) electrons. The molecule has 5 rings (SSSR count). The molecule has 3 heterocycles. The van der Waals surface area contributed by atoms with E-state index < -0.39 is 0 Å². The van der Waals surface area contributed by atoms with Gasteiger partial charge in [0.2, 0.25) is 0 Å². The minimum absolute atomic E-state index is 0.225. The van der Waals surface area contributed by atoms with Gasteiger partial charge in [0.25, 0.3) is 5.91 Å². The van der Waals surface area contributed by atoms with Crippen molar-refractivity contribution in [2.24, 2.45) is 5.92 Å². The fourth-order valence-electron chi connectivity index (χ4n) is 4.61. The molecule has 0 saturated carbocycles. The molecular formula is C24H27N3OS. The molecule has 2 aliphatic rings. The van der Waals surface area contributed by atoms with Crippen molar-refractivity contribution in [1.29, 1.82) is 0 Å². The molecule has 0 spiro atoms. The fourth-order valence-corrected chi connectivity index (χ4v) is 5.79. The van der Waals surface area contributed by atoms with Crippen LogP contribution >= 0.6 is 11.3 Å².